The van der Waals surface area contributed by atoms with Crippen LogP contribution in [0.25, 0.3) is 22.3 Å². The molecule has 3 aromatic rings. The lowest BCUT2D eigenvalue weighted by Crippen LogP contribution is -2.09. The van der Waals surface area contributed by atoms with E-state index in [1.54, 1.807) is 17.4 Å². The van der Waals surface area contributed by atoms with Crippen molar-refractivity contribution < 1.29 is 0 Å². The zero-order chi connectivity index (χ0) is 11.8. The minimum atomic E-state index is -0.0834. The predicted octanol–water partition coefficient (Wildman–Crippen LogP) is 2.96. The van der Waals surface area contributed by atoms with Gasteiger partial charge in [0.25, 0.3) is 5.56 Å². The van der Waals surface area contributed by atoms with E-state index in [2.05, 4.69) is 9.97 Å². The topological polar surface area (TPSA) is 45.8 Å². The van der Waals surface area contributed by atoms with Crippen LogP contribution in [0.15, 0.2) is 39.8 Å². The van der Waals surface area contributed by atoms with E-state index >= 15 is 0 Å². The molecule has 1 N–H and O–H groups in total. The number of aryl methyl sites for hydroxylation is 1. The number of hydrogen-bond donors (Lipinski definition) is 1. The van der Waals surface area contributed by atoms with Crippen molar-refractivity contribution in [2.45, 2.75) is 6.92 Å². The van der Waals surface area contributed by atoms with Gasteiger partial charge in [-0.05, 0) is 30.0 Å². The molecule has 0 saturated carbocycles. The highest BCUT2D eigenvalue weighted by Gasteiger charge is 2.07. The van der Waals surface area contributed by atoms with Gasteiger partial charge in [0.05, 0.1) is 10.9 Å². The molecule has 0 spiro atoms. The summed E-state index contributed by atoms with van der Waals surface area (Å²) in [5.74, 6) is 0.637. The molecule has 0 aliphatic heterocycles. The second-order valence-electron chi connectivity index (χ2n) is 3.90. The van der Waals surface area contributed by atoms with Crippen molar-refractivity contribution in [3.05, 3.63) is 50.9 Å². The second-order valence-corrected chi connectivity index (χ2v) is 4.68. The summed E-state index contributed by atoms with van der Waals surface area (Å²) in [6, 6.07) is 7.59. The van der Waals surface area contributed by atoms with Gasteiger partial charge in [0.1, 0.15) is 5.82 Å². The third kappa shape index (κ3) is 1.66. The molecule has 0 radical (unpaired) electrons. The van der Waals surface area contributed by atoms with Crippen LogP contribution >= 0.6 is 11.3 Å². The molecule has 1 aromatic carbocycles. The Kier molecular flexibility index (Phi) is 2.30. The summed E-state index contributed by atoms with van der Waals surface area (Å²) in [5, 5.41) is 4.59. The van der Waals surface area contributed by atoms with Crippen molar-refractivity contribution in [1.29, 1.82) is 0 Å². The fourth-order valence-corrected chi connectivity index (χ4v) is 2.48. The Morgan fingerprint density at radius 1 is 1.29 bits per heavy atom. The standard InChI is InChI=1S/C13H10N2OS/c1-8-3-2-4-10-11(8)14-12(15-13(10)16)9-5-6-17-7-9/h2-7H,1H3,(H,14,15,16). The fraction of sp³-hybridized carbons (Fsp3) is 0.0769. The van der Waals surface area contributed by atoms with Crippen molar-refractivity contribution in [3.63, 3.8) is 0 Å². The molecule has 3 nitrogen and oxygen atoms in total. The van der Waals surface area contributed by atoms with Crippen LogP contribution in [0, 0.1) is 6.92 Å². The molecule has 0 saturated heterocycles. The summed E-state index contributed by atoms with van der Waals surface area (Å²) in [5.41, 5.74) is 2.67. The van der Waals surface area contributed by atoms with Crippen molar-refractivity contribution >= 4 is 22.2 Å². The van der Waals surface area contributed by atoms with Gasteiger partial charge in [0, 0.05) is 10.9 Å². The Labute approximate surface area is 102 Å². The number of thiophene rings is 1. The van der Waals surface area contributed by atoms with Gasteiger partial charge in [0.2, 0.25) is 0 Å². The summed E-state index contributed by atoms with van der Waals surface area (Å²) >= 11 is 1.59. The third-order valence-electron chi connectivity index (χ3n) is 2.73. The molecule has 2 aromatic heterocycles. The molecule has 3 rings (SSSR count). The lowest BCUT2D eigenvalue weighted by molar-refractivity contribution is 1.17. The SMILES string of the molecule is Cc1cccc2c(=O)[nH]c(-c3ccsc3)nc12. The summed E-state index contributed by atoms with van der Waals surface area (Å²) in [6.45, 7) is 1.96. The first-order chi connectivity index (χ1) is 8.25. The summed E-state index contributed by atoms with van der Waals surface area (Å²) in [6.07, 6.45) is 0. The highest BCUT2D eigenvalue weighted by atomic mass is 32.1. The molecule has 4 heteroatoms. The Morgan fingerprint density at radius 2 is 2.18 bits per heavy atom. The third-order valence-corrected chi connectivity index (χ3v) is 3.42. The number of para-hydroxylation sites is 1. The molecule has 0 bridgehead atoms. The molecule has 0 amide bonds. The zero-order valence-electron chi connectivity index (χ0n) is 9.23. The zero-order valence-corrected chi connectivity index (χ0v) is 10.0. The van der Waals surface area contributed by atoms with Crippen LogP contribution in [0.4, 0.5) is 0 Å². The first-order valence-corrected chi connectivity index (χ1v) is 6.22. The maximum absolute atomic E-state index is 12.0. The Balaban J connectivity index is 2.38. The number of benzene rings is 1. The van der Waals surface area contributed by atoms with Gasteiger partial charge in [-0.25, -0.2) is 4.98 Å². The largest absolute Gasteiger partial charge is 0.306 e. The van der Waals surface area contributed by atoms with E-state index in [-0.39, 0.29) is 5.56 Å². The van der Waals surface area contributed by atoms with Crippen LogP contribution in [0.1, 0.15) is 5.56 Å². The van der Waals surface area contributed by atoms with Crippen LogP contribution in [0.2, 0.25) is 0 Å². The predicted molar refractivity (Wildman–Crippen MR) is 70.4 cm³/mol. The smallest absolute Gasteiger partial charge is 0.259 e. The van der Waals surface area contributed by atoms with E-state index in [9.17, 15) is 4.79 Å². The van der Waals surface area contributed by atoms with Crippen molar-refractivity contribution in [2.75, 3.05) is 0 Å². The van der Waals surface area contributed by atoms with Gasteiger partial charge in [-0.1, -0.05) is 12.1 Å². The van der Waals surface area contributed by atoms with Gasteiger partial charge in [-0.3, -0.25) is 4.79 Å². The van der Waals surface area contributed by atoms with Crippen LogP contribution < -0.4 is 5.56 Å². The van der Waals surface area contributed by atoms with E-state index in [1.807, 2.05) is 35.9 Å². The molecular formula is C13H10N2OS. The number of nitrogens with zero attached hydrogens (tertiary/aromatic N) is 1. The van der Waals surface area contributed by atoms with E-state index in [0.29, 0.717) is 11.2 Å². The summed E-state index contributed by atoms with van der Waals surface area (Å²) in [7, 11) is 0. The van der Waals surface area contributed by atoms with Crippen molar-refractivity contribution in [2.24, 2.45) is 0 Å². The number of fused-ring (bicyclic) bond motifs is 1. The Morgan fingerprint density at radius 3 is 2.94 bits per heavy atom. The Hall–Kier alpha value is -1.94. The van der Waals surface area contributed by atoms with Gasteiger partial charge in [-0.15, -0.1) is 0 Å². The molecule has 0 aliphatic carbocycles. The lowest BCUT2D eigenvalue weighted by Gasteiger charge is -2.03. The van der Waals surface area contributed by atoms with E-state index in [1.165, 1.54) is 0 Å². The van der Waals surface area contributed by atoms with Crippen LogP contribution in [-0.2, 0) is 0 Å². The Bertz CT molecular complexity index is 729. The van der Waals surface area contributed by atoms with E-state index < -0.39 is 0 Å². The molecule has 0 atom stereocenters. The van der Waals surface area contributed by atoms with Gasteiger partial charge in [0.15, 0.2) is 0 Å². The quantitative estimate of drug-likeness (QED) is 0.713. The first-order valence-electron chi connectivity index (χ1n) is 5.28. The molecule has 0 unspecified atom stereocenters. The average Bonchev–Trinajstić information content (AvgIpc) is 2.84. The lowest BCUT2D eigenvalue weighted by atomic mass is 10.1. The van der Waals surface area contributed by atoms with E-state index in [4.69, 9.17) is 0 Å². The fourth-order valence-electron chi connectivity index (χ4n) is 1.84. The number of H-pyrrole nitrogens is 1. The highest BCUT2D eigenvalue weighted by molar-refractivity contribution is 7.08. The van der Waals surface area contributed by atoms with Crippen molar-refractivity contribution in [1.82, 2.24) is 9.97 Å². The maximum atomic E-state index is 12.0. The van der Waals surface area contributed by atoms with Gasteiger partial charge >= 0.3 is 0 Å². The minimum absolute atomic E-state index is 0.0834. The number of nitrogens with one attached hydrogen (secondary N) is 1. The number of aromatic amines is 1. The molecule has 0 aliphatic rings. The highest BCUT2D eigenvalue weighted by Crippen LogP contribution is 2.20. The van der Waals surface area contributed by atoms with Crippen LogP contribution in [-0.4, -0.2) is 9.97 Å². The van der Waals surface area contributed by atoms with Gasteiger partial charge in [-0.2, -0.15) is 11.3 Å². The van der Waals surface area contributed by atoms with E-state index in [0.717, 1.165) is 16.6 Å². The number of rotatable bonds is 1. The maximum Gasteiger partial charge on any atom is 0.259 e. The number of hydrogen-bond acceptors (Lipinski definition) is 3. The summed E-state index contributed by atoms with van der Waals surface area (Å²) in [4.78, 5) is 19.3. The monoisotopic (exact) mass is 242 g/mol. The molecule has 2 heterocycles. The molecule has 0 fully saturated rings. The second kappa shape index (κ2) is 3.82. The number of aromatic nitrogens is 2. The summed E-state index contributed by atoms with van der Waals surface area (Å²) < 4.78 is 0. The molecular weight excluding hydrogens is 232 g/mol. The first kappa shape index (κ1) is 10.2. The van der Waals surface area contributed by atoms with Crippen molar-refractivity contribution in [3.8, 4) is 11.4 Å². The van der Waals surface area contributed by atoms with Crippen LogP contribution in [0.5, 0.6) is 0 Å². The molecule has 17 heavy (non-hydrogen) atoms. The van der Waals surface area contributed by atoms with Crippen LogP contribution in [0.3, 0.4) is 0 Å². The normalized spacial score (nSPS) is 10.9. The molecule has 84 valence electrons. The minimum Gasteiger partial charge on any atom is -0.306 e. The average molecular weight is 242 g/mol. The van der Waals surface area contributed by atoms with Gasteiger partial charge < -0.3 is 4.98 Å².